The van der Waals surface area contributed by atoms with Crippen LogP contribution in [0.5, 0.6) is 0 Å². The molecule has 0 radical (unpaired) electrons. The summed E-state index contributed by atoms with van der Waals surface area (Å²) in [5.41, 5.74) is 3.96. The van der Waals surface area contributed by atoms with Crippen molar-refractivity contribution in [2.45, 2.75) is 13.8 Å². The van der Waals surface area contributed by atoms with E-state index in [-0.39, 0.29) is 5.91 Å². The summed E-state index contributed by atoms with van der Waals surface area (Å²) in [6, 6.07) is 13.3. The third kappa shape index (κ3) is 3.22. The molecule has 0 aliphatic carbocycles. The van der Waals surface area contributed by atoms with Crippen LogP contribution in [-0.2, 0) is 0 Å². The molecule has 0 saturated heterocycles. The highest BCUT2D eigenvalue weighted by molar-refractivity contribution is 6.04. The average molecular weight is 358 g/mol. The molecule has 134 valence electrons. The molecule has 0 atom stereocenters. The Morgan fingerprint density at radius 3 is 2.56 bits per heavy atom. The summed E-state index contributed by atoms with van der Waals surface area (Å²) in [6.07, 6.45) is 6.69. The first kappa shape index (κ1) is 16.7. The van der Waals surface area contributed by atoms with Crippen molar-refractivity contribution in [2.75, 3.05) is 5.32 Å². The van der Waals surface area contributed by atoms with Crippen molar-refractivity contribution in [3.63, 3.8) is 0 Å². The van der Waals surface area contributed by atoms with Crippen molar-refractivity contribution in [3.05, 3.63) is 84.1 Å². The van der Waals surface area contributed by atoms with Crippen molar-refractivity contribution < 1.29 is 4.79 Å². The second kappa shape index (κ2) is 6.87. The van der Waals surface area contributed by atoms with Crippen molar-refractivity contribution in [1.29, 1.82) is 0 Å². The van der Waals surface area contributed by atoms with Gasteiger partial charge in [-0.1, -0.05) is 18.2 Å². The number of aryl methyl sites for hydroxylation is 1. The number of carbonyl (C=O) groups excluding carboxylic acids is 1. The zero-order valence-corrected chi connectivity index (χ0v) is 15.0. The molecule has 0 aliphatic heterocycles. The number of benzene rings is 1. The molecule has 0 aliphatic rings. The van der Waals surface area contributed by atoms with Gasteiger partial charge in [0, 0.05) is 12.4 Å². The third-order valence-corrected chi connectivity index (χ3v) is 4.34. The number of amides is 1. The summed E-state index contributed by atoms with van der Waals surface area (Å²) < 4.78 is 3.44. The van der Waals surface area contributed by atoms with Gasteiger partial charge >= 0.3 is 0 Å². The maximum Gasteiger partial charge on any atom is 0.259 e. The Labute approximate surface area is 156 Å². The molecular formula is C20H18N6O. The largest absolute Gasteiger partial charge is 0.320 e. The number of hydrogen-bond acceptors (Lipinski definition) is 4. The van der Waals surface area contributed by atoms with Gasteiger partial charge in [0.1, 0.15) is 0 Å². The zero-order chi connectivity index (χ0) is 18.8. The molecule has 3 heterocycles. The van der Waals surface area contributed by atoms with Gasteiger partial charge in [-0.3, -0.25) is 4.79 Å². The first-order valence-electron chi connectivity index (χ1n) is 8.51. The number of rotatable bonds is 4. The van der Waals surface area contributed by atoms with Crippen LogP contribution in [0, 0.1) is 13.8 Å². The molecule has 0 spiro atoms. The van der Waals surface area contributed by atoms with Gasteiger partial charge in [0.15, 0.2) is 5.82 Å². The van der Waals surface area contributed by atoms with Gasteiger partial charge in [0.2, 0.25) is 0 Å². The fraction of sp³-hybridized carbons (Fsp3) is 0.100. The molecular weight excluding hydrogens is 340 g/mol. The molecule has 4 aromatic rings. The first-order valence-corrected chi connectivity index (χ1v) is 8.51. The molecule has 7 nitrogen and oxygen atoms in total. The van der Waals surface area contributed by atoms with E-state index in [0.717, 1.165) is 16.9 Å². The Kier molecular flexibility index (Phi) is 4.25. The van der Waals surface area contributed by atoms with Gasteiger partial charge in [-0.05, 0) is 43.7 Å². The van der Waals surface area contributed by atoms with Gasteiger partial charge in [-0.25, -0.2) is 14.3 Å². The summed E-state index contributed by atoms with van der Waals surface area (Å²) in [4.78, 5) is 17.0. The molecule has 0 fully saturated rings. The number of pyridine rings is 1. The fourth-order valence-corrected chi connectivity index (χ4v) is 2.87. The molecule has 4 rings (SSSR count). The van der Waals surface area contributed by atoms with E-state index < -0.39 is 0 Å². The van der Waals surface area contributed by atoms with Crippen LogP contribution in [0.15, 0.2) is 67.3 Å². The van der Waals surface area contributed by atoms with E-state index in [1.807, 2.05) is 50.4 Å². The van der Waals surface area contributed by atoms with Crippen LogP contribution in [0.1, 0.15) is 21.6 Å². The molecule has 1 amide bonds. The average Bonchev–Trinajstić information content (AvgIpc) is 3.33. The maximum atomic E-state index is 12.7. The summed E-state index contributed by atoms with van der Waals surface area (Å²) in [5, 5.41) is 11.4. The summed E-state index contributed by atoms with van der Waals surface area (Å²) in [7, 11) is 0. The Morgan fingerprint density at radius 2 is 1.85 bits per heavy atom. The second-order valence-corrected chi connectivity index (χ2v) is 6.15. The topological polar surface area (TPSA) is 77.6 Å². The maximum absolute atomic E-state index is 12.7. The lowest BCUT2D eigenvalue weighted by atomic mass is 10.2. The van der Waals surface area contributed by atoms with E-state index in [9.17, 15) is 4.79 Å². The minimum absolute atomic E-state index is 0.221. The van der Waals surface area contributed by atoms with Crippen LogP contribution in [0.2, 0.25) is 0 Å². The van der Waals surface area contributed by atoms with Crippen molar-refractivity contribution in [3.8, 4) is 11.5 Å². The zero-order valence-electron chi connectivity index (χ0n) is 15.0. The second-order valence-electron chi connectivity index (χ2n) is 6.15. The van der Waals surface area contributed by atoms with Gasteiger partial charge in [0.25, 0.3) is 5.91 Å². The molecule has 0 saturated carbocycles. The predicted molar refractivity (Wildman–Crippen MR) is 102 cm³/mol. The monoisotopic (exact) mass is 358 g/mol. The Morgan fingerprint density at radius 1 is 1.00 bits per heavy atom. The summed E-state index contributed by atoms with van der Waals surface area (Å²) in [6.45, 7) is 3.90. The number of nitrogens with zero attached hydrogens (tertiary/aromatic N) is 5. The quantitative estimate of drug-likeness (QED) is 0.607. The molecule has 1 N–H and O–H groups in total. The van der Waals surface area contributed by atoms with Crippen molar-refractivity contribution >= 4 is 11.6 Å². The molecule has 7 heteroatoms. The Balaban J connectivity index is 1.55. The minimum Gasteiger partial charge on any atom is -0.320 e. The summed E-state index contributed by atoms with van der Waals surface area (Å²) in [5.74, 6) is 0.461. The molecule has 0 bridgehead atoms. The van der Waals surface area contributed by atoms with Gasteiger partial charge in [-0.15, -0.1) is 0 Å². The number of para-hydroxylation sites is 1. The highest BCUT2D eigenvalue weighted by atomic mass is 16.1. The van der Waals surface area contributed by atoms with E-state index in [1.54, 1.807) is 40.1 Å². The Hall–Kier alpha value is -3.74. The molecule has 3 aromatic heterocycles. The van der Waals surface area contributed by atoms with E-state index in [4.69, 9.17) is 0 Å². The van der Waals surface area contributed by atoms with Crippen LogP contribution >= 0.6 is 0 Å². The summed E-state index contributed by atoms with van der Waals surface area (Å²) >= 11 is 0. The highest BCUT2D eigenvalue weighted by Gasteiger charge is 2.16. The molecule has 1 aromatic carbocycles. The van der Waals surface area contributed by atoms with Crippen LogP contribution in [0.4, 0.5) is 5.69 Å². The van der Waals surface area contributed by atoms with E-state index >= 15 is 0 Å². The van der Waals surface area contributed by atoms with Crippen LogP contribution in [0.25, 0.3) is 11.5 Å². The van der Waals surface area contributed by atoms with Crippen molar-refractivity contribution in [1.82, 2.24) is 24.5 Å². The van der Waals surface area contributed by atoms with Gasteiger partial charge in [-0.2, -0.15) is 10.2 Å². The van der Waals surface area contributed by atoms with E-state index in [2.05, 4.69) is 20.5 Å². The first-order chi connectivity index (χ1) is 13.1. The Bertz CT molecular complexity index is 1080. The van der Waals surface area contributed by atoms with E-state index in [0.29, 0.717) is 17.1 Å². The molecule has 27 heavy (non-hydrogen) atoms. The normalized spacial score (nSPS) is 10.7. The third-order valence-electron chi connectivity index (χ3n) is 4.34. The number of aromatic nitrogens is 5. The van der Waals surface area contributed by atoms with Crippen LogP contribution in [0.3, 0.4) is 0 Å². The fourth-order valence-electron chi connectivity index (χ4n) is 2.87. The lowest BCUT2D eigenvalue weighted by Gasteiger charge is -2.09. The SMILES string of the molecule is Cc1ccccc1-n1ncc(C(=O)Nc2ccc(-n3cccn3)nc2)c1C. The van der Waals surface area contributed by atoms with Crippen LogP contribution in [-0.4, -0.2) is 30.5 Å². The highest BCUT2D eigenvalue weighted by Crippen LogP contribution is 2.19. The number of nitrogens with one attached hydrogen (secondary N) is 1. The number of hydrogen-bond donors (Lipinski definition) is 1. The predicted octanol–water partition coefficient (Wildman–Crippen LogP) is 3.32. The minimum atomic E-state index is -0.221. The number of carbonyl (C=O) groups is 1. The van der Waals surface area contributed by atoms with Gasteiger partial charge in [0.05, 0.1) is 35.0 Å². The van der Waals surface area contributed by atoms with Crippen LogP contribution < -0.4 is 5.32 Å². The lowest BCUT2D eigenvalue weighted by Crippen LogP contribution is -2.13. The standard InChI is InChI=1S/C20H18N6O/c1-14-6-3-4-7-18(14)26-15(2)17(13-23-26)20(27)24-16-8-9-19(21-12-16)25-11-5-10-22-25/h3-13H,1-2H3,(H,24,27). The number of anilines is 1. The van der Waals surface area contributed by atoms with Crippen molar-refractivity contribution in [2.24, 2.45) is 0 Å². The smallest absolute Gasteiger partial charge is 0.259 e. The van der Waals surface area contributed by atoms with E-state index in [1.165, 1.54) is 0 Å². The van der Waals surface area contributed by atoms with Gasteiger partial charge < -0.3 is 5.32 Å². The lowest BCUT2D eigenvalue weighted by molar-refractivity contribution is 0.102. The molecule has 0 unspecified atom stereocenters.